The van der Waals surface area contributed by atoms with E-state index in [0.717, 1.165) is 29.7 Å². The lowest BCUT2D eigenvalue weighted by molar-refractivity contribution is -0.161. The van der Waals surface area contributed by atoms with E-state index < -0.39 is 19.3 Å². The molecule has 2 aliphatic carbocycles. The van der Waals surface area contributed by atoms with Crippen molar-refractivity contribution in [2.24, 2.45) is 11.3 Å². The lowest BCUT2D eigenvalue weighted by Gasteiger charge is -2.46. The van der Waals surface area contributed by atoms with Gasteiger partial charge in [-0.3, -0.25) is 4.79 Å². The Kier molecular flexibility index (Phi) is 3.85. The minimum absolute atomic E-state index is 0.0154. The van der Waals surface area contributed by atoms with Gasteiger partial charge >= 0.3 is 5.97 Å². The van der Waals surface area contributed by atoms with Gasteiger partial charge in [-0.05, 0) is 57.1 Å². The molecular weight excluding hydrogens is 348 g/mol. The first-order valence-corrected chi connectivity index (χ1v) is 12.8. The number of carbonyl (C=O) groups is 1. The van der Waals surface area contributed by atoms with Gasteiger partial charge in [0.05, 0.1) is 25.2 Å². The number of methoxy groups -OCH3 is 1. The highest BCUT2D eigenvalue weighted by molar-refractivity contribution is 6.69. The average molecular weight is 377 g/mol. The fourth-order valence-corrected chi connectivity index (χ4v) is 6.67. The van der Waals surface area contributed by atoms with Gasteiger partial charge in [0, 0.05) is 17.4 Å². The fourth-order valence-electron chi connectivity index (χ4n) is 5.53. The molecule has 1 heterocycles. The second-order valence-corrected chi connectivity index (χ2v) is 13.5. The molecule has 2 bridgehead atoms. The van der Waals surface area contributed by atoms with Crippen LogP contribution < -0.4 is 4.74 Å². The number of carbonyl (C=O) groups excluding carboxylic acids is 1. The van der Waals surface area contributed by atoms with Crippen LogP contribution in [0.4, 0.5) is 0 Å². The Morgan fingerprint density at radius 2 is 2.08 bits per heavy atom. The van der Waals surface area contributed by atoms with Crippen molar-refractivity contribution >= 4 is 14.3 Å². The van der Waals surface area contributed by atoms with E-state index in [0.29, 0.717) is 0 Å². The average Bonchev–Trinajstić information content (AvgIpc) is 2.95. The first-order valence-electron chi connectivity index (χ1n) is 9.38. The zero-order valence-electron chi connectivity index (χ0n) is 16.2. The first kappa shape index (κ1) is 18.0. The van der Waals surface area contributed by atoms with Crippen molar-refractivity contribution in [1.29, 1.82) is 0 Å². The SMILES string of the molecule is COc1ccc2c(c1)[C@@H](CO)[C@H]1[C@]23OC(=O)[C@]1(C)CC[C@H]3O[Si](C)(C)C. The third-order valence-electron chi connectivity index (χ3n) is 6.45. The summed E-state index contributed by atoms with van der Waals surface area (Å²) in [6, 6.07) is 5.90. The van der Waals surface area contributed by atoms with Crippen LogP contribution in [0, 0.1) is 11.3 Å². The molecule has 0 radical (unpaired) electrons. The largest absolute Gasteiger partial charge is 0.497 e. The van der Waals surface area contributed by atoms with E-state index in [2.05, 4.69) is 19.6 Å². The zero-order valence-corrected chi connectivity index (χ0v) is 17.2. The standard InChI is InChI=1S/C20H28O5Si/c1-19-9-8-16(25-26(3,4)5)20(24-18(19)22)15-7-6-12(23-2)10-13(15)14(11-21)17(19)20/h6-7,10,14,16-17,21H,8-9,11H2,1-5H3/t14-,16-,17-,19-,20+/m1/s1. The first-order chi connectivity index (χ1) is 12.2. The van der Waals surface area contributed by atoms with Crippen LogP contribution in [0.2, 0.25) is 19.6 Å². The van der Waals surface area contributed by atoms with E-state index in [4.69, 9.17) is 13.9 Å². The fraction of sp³-hybridized carbons (Fsp3) is 0.650. The van der Waals surface area contributed by atoms with Gasteiger partial charge in [-0.2, -0.15) is 0 Å². The van der Waals surface area contributed by atoms with Crippen LogP contribution in [0.3, 0.4) is 0 Å². The van der Waals surface area contributed by atoms with Crippen molar-refractivity contribution in [1.82, 2.24) is 0 Å². The molecule has 2 fully saturated rings. The summed E-state index contributed by atoms with van der Waals surface area (Å²) in [6.07, 6.45) is 1.36. The molecule has 0 spiro atoms. The monoisotopic (exact) mass is 376 g/mol. The van der Waals surface area contributed by atoms with Gasteiger partial charge in [0.2, 0.25) is 0 Å². The third kappa shape index (κ3) is 2.18. The van der Waals surface area contributed by atoms with E-state index in [-0.39, 0.29) is 30.5 Å². The minimum Gasteiger partial charge on any atom is -0.497 e. The van der Waals surface area contributed by atoms with Crippen molar-refractivity contribution < 1.29 is 23.8 Å². The Hall–Kier alpha value is -1.37. The van der Waals surface area contributed by atoms with E-state index in [1.807, 2.05) is 25.1 Å². The Labute approximate surface area is 155 Å². The van der Waals surface area contributed by atoms with E-state index in [1.54, 1.807) is 7.11 Å². The van der Waals surface area contributed by atoms with Gasteiger partial charge in [0.25, 0.3) is 0 Å². The summed E-state index contributed by atoms with van der Waals surface area (Å²) in [5.74, 6) is 0.352. The van der Waals surface area contributed by atoms with Crippen molar-refractivity contribution in [3.63, 3.8) is 0 Å². The van der Waals surface area contributed by atoms with Gasteiger partial charge in [-0.1, -0.05) is 6.07 Å². The summed E-state index contributed by atoms with van der Waals surface area (Å²) in [5.41, 5.74) is 0.641. The van der Waals surface area contributed by atoms with Crippen molar-refractivity contribution in [3.8, 4) is 5.75 Å². The summed E-state index contributed by atoms with van der Waals surface area (Å²) in [5, 5.41) is 10.3. The molecule has 0 aromatic heterocycles. The summed E-state index contributed by atoms with van der Waals surface area (Å²) >= 11 is 0. The van der Waals surface area contributed by atoms with Crippen molar-refractivity contribution in [2.45, 2.75) is 57.0 Å². The van der Waals surface area contributed by atoms with Gasteiger partial charge in [-0.25, -0.2) is 0 Å². The van der Waals surface area contributed by atoms with Crippen LogP contribution in [0.15, 0.2) is 18.2 Å². The Morgan fingerprint density at radius 3 is 2.69 bits per heavy atom. The van der Waals surface area contributed by atoms with Crippen LogP contribution >= 0.6 is 0 Å². The molecule has 1 N–H and O–H groups in total. The second-order valence-electron chi connectivity index (χ2n) is 9.08. The molecule has 26 heavy (non-hydrogen) atoms. The highest BCUT2D eigenvalue weighted by Crippen LogP contribution is 2.69. The molecule has 6 heteroatoms. The number of hydrogen-bond donors (Lipinski definition) is 1. The predicted octanol–water partition coefficient (Wildman–Crippen LogP) is 3.17. The molecule has 5 atom stereocenters. The van der Waals surface area contributed by atoms with E-state index in [9.17, 15) is 9.90 Å². The quantitative estimate of drug-likeness (QED) is 0.646. The number of aliphatic hydroxyl groups is 1. The van der Waals surface area contributed by atoms with Crippen LogP contribution in [0.1, 0.15) is 36.8 Å². The molecule has 1 aliphatic heterocycles. The Bertz CT molecular complexity index is 757. The van der Waals surface area contributed by atoms with Crippen molar-refractivity contribution in [2.75, 3.05) is 13.7 Å². The van der Waals surface area contributed by atoms with Crippen LogP contribution in [0.25, 0.3) is 0 Å². The molecule has 0 amide bonds. The molecule has 142 valence electrons. The number of ether oxygens (including phenoxy) is 2. The summed E-state index contributed by atoms with van der Waals surface area (Å²) < 4.78 is 18.2. The van der Waals surface area contributed by atoms with Crippen LogP contribution in [-0.2, 0) is 19.6 Å². The topological polar surface area (TPSA) is 65.0 Å². The van der Waals surface area contributed by atoms with E-state index in [1.165, 1.54) is 0 Å². The lowest BCUT2D eigenvalue weighted by atomic mass is 9.60. The highest BCUT2D eigenvalue weighted by atomic mass is 28.4. The number of fused-ring (bicyclic) bond motifs is 1. The van der Waals surface area contributed by atoms with Gasteiger partial charge < -0.3 is 19.0 Å². The third-order valence-corrected chi connectivity index (χ3v) is 7.45. The molecule has 5 nitrogen and oxygen atoms in total. The van der Waals surface area contributed by atoms with E-state index >= 15 is 0 Å². The number of benzene rings is 1. The molecular formula is C20H28O5Si. The normalized spacial score (nSPS) is 37.9. The number of rotatable bonds is 4. The van der Waals surface area contributed by atoms with Crippen molar-refractivity contribution in [3.05, 3.63) is 29.3 Å². The molecule has 0 unspecified atom stereocenters. The molecule has 3 aliphatic rings. The highest BCUT2D eigenvalue weighted by Gasteiger charge is 2.74. The molecule has 4 rings (SSSR count). The molecule has 1 saturated carbocycles. The molecule has 1 saturated heterocycles. The number of aliphatic hydroxyl groups excluding tert-OH is 1. The smallest absolute Gasteiger partial charge is 0.313 e. The Balaban J connectivity index is 1.93. The second kappa shape index (κ2) is 5.56. The summed E-state index contributed by atoms with van der Waals surface area (Å²) in [4.78, 5) is 12.9. The number of esters is 1. The lowest BCUT2D eigenvalue weighted by Crippen LogP contribution is -2.53. The maximum Gasteiger partial charge on any atom is 0.313 e. The number of hydrogen-bond acceptors (Lipinski definition) is 5. The summed E-state index contributed by atoms with van der Waals surface area (Å²) in [6.45, 7) is 8.47. The maximum absolute atomic E-state index is 12.9. The Morgan fingerprint density at radius 1 is 1.35 bits per heavy atom. The predicted molar refractivity (Wildman–Crippen MR) is 99.6 cm³/mol. The van der Waals surface area contributed by atoms with Crippen LogP contribution in [-0.4, -0.2) is 39.2 Å². The zero-order chi connectivity index (χ0) is 18.9. The maximum atomic E-state index is 12.9. The minimum atomic E-state index is -1.85. The van der Waals surface area contributed by atoms with Crippen LogP contribution in [0.5, 0.6) is 5.75 Å². The summed E-state index contributed by atoms with van der Waals surface area (Å²) in [7, 11) is -0.206. The van der Waals surface area contributed by atoms with Gasteiger partial charge in [0.1, 0.15) is 5.75 Å². The molecule has 1 aromatic carbocycles. The molecule has 1 aromatic rings. The van der Waals surface area contributed by atoms with Gasteiger partial charge in [0.15, 0.2) is 13.9 Å². The van der Waals surface area contributed by atoms with Gasteiger partial charge in [-0.15, -0.1) is 0 Å².